The third-order valence-electron chi connectivity index (χ3n) is 4.18. The molecule has 1 heterocycles. The summed E-state index contributed by atoms with van der Waals surface area (Å²) in [6.07, 6.45) is 3.73. The summed E-state index contributed by atoms with van der Waals surface area (Å²) < 4.78 is 16.7. The van der Waals surface area contributed by atoms with Crippen LogP contribution in [0.3, 0.4) is 0 Å². The van der Waals surface area contributed by atoms with Gasteiger partial charge >= 0.3 is 5.97 Å². The Bertz CT molecular complexity index is 851. The van der Waals surface area contributed by atoms with Crippen molar-refractivity contribution in [1.82, 2.24) is 4.98 Å². The van der Waals surface area contributed by atoms with Crippen LogP contribution in [0.4, 0.5) is 0 Å². The molecule has 1 saturated carbocycles. The molecule has 6 nitrogen and oxygen atoms in total. The van der Waals surface area contributed by atoms with E-state index in [1.807, 2.05) is 0 Å². The topological polar surface area (TPSA) is 77.6 Å². The second kappa shape index (κ2) is 7.81. The molecule has 0 radical (unpaired) electrons. The molecule has 0 amide bonds. The first-order valence-electron chi connectivity index (χ1n) is 9.11. The van der Waals surface area contributed by atoms with Gasteiger partial charge in [0.25, 0.3) is 0 Å². The van der Waals surface area contributed by atoms with Crippen molar-refractivity contribution in [3.63, 3.8) is 0 Å². The van der Waals surface area contributed by atoms with Crippen molar-refractivity contribution in [2.75, 3.05) is 19.8 Å². The van der Waals surface area contributed by atoms with Gasteiger partial charge in [-0.25, -0.2) is 4.79 Å². The highest BCUT2D eigenvalue weighted by molar-refractivity contribution is 5.94. The molecule has 3 rings (SSSR count). The van der Waals surface area contributed by atoms with Crippen LogP contribution >= 0.6 is 0 Å². The minimum Gasteiger partial charge on any atom is -0.489 e. The lowest BCUT2D eigenvalue weighted by Crippen LogP contribution is -2.18. The predicted molar refractivity (Wildman–Crippen MR) is 99.1 cm³/mol. The fraction of sp³-hybridized carbons (Fsp3) is 0.500. The summed E-state index contributed by atoms with van der Waals surface area (Å²) in [5, 5.41) is 0.387. The summed E-state index contributed by atoms with van der Waals surface area (Å²) in [6.45, 7) is 7.22. The fourth-order valence-corrected chi connectivity index (χ4v) is 2.56. The molecule has 1 N–H and O–H groups in total. The van der Waals surface area contributed by atoms with Gasteiger partial charge in [0, 0.05) is 12.3 Å². The van der Waals surface area contributed by atoms with E-state index >= 15 is 0 Å². The Kier molecular flexibility index (Phi) is 5.49. The number of aromatic amines is 1. The number of carbonyl (C=O) groups is 1. The van der Waals surface area contributed by atoms with Crippen LogP contribution in [0.2, 0.25) is 0 Å². The lowest BCUT2D eigenvalue weighted by Gasteiger charge is -2.15. The molecule has 1 aromatic carbocycles. The first-order chi connectivity index (χ1) is 12.5. The Morgan fingerprint density at radius 3 is 2.62 bits per heavy atom. The summed E-state index contributed by atoms with van der Waals surface area (Å²) in [5.74, 6) is 1.46. The number of rotatable bonds is 8. The number of carbonyl (C=O) groups excluding carboxylic acids is 1. The van der Waals surface area contributed by atoms with E-state index < -0.39 is 5.97 Å². The smallest absolute Gasteiger partial charge is 0.343 e. The molecule has 140 valence electrons. The molecule has 0 spiro atoms. The number of hydrogen-bond acceptors (Lipinski definition) is 5. The Morgan fingerprint density at radius 2 is 1.96 bits per heavy atom. The quantitative estimate of drug-likeness (QED) is 0.730. The van der Waals surface area contributed by atoms with E-state index in [1.54, 1.807) is 19.1 Å². The number of fused-ring (bicyclic) bond motifs is 1. The number of benzene rings is 1. The van der Waals surface area contributed by atoms with Crippen molar-refractivity contribution >= 4 is 16.9 Å². The molecule has 26 heavy (non-hydrogen) atoms. The van der Waals surface area contributed by atoms with Gasteiger partial charge in [-0.2, -0.15) is 0 Å². The molecular formula is C20H25NO5. The van der Waals surface area contributed by atoms with Gasteiger partial charge in [-0.15, -0.1) is 0 Å². The SMILES string of the molecule is CCOC(=O)c1c[nH]c2cc(OCC(C)C)c(OCC3CC3)cc2c1=O. The highest BCUT2D eigenvalue weighted by Gasteiger charge is 2.23. The number of ether oxygens (including phenoxy) is 3. The molecule has 1 aliphatic rings. The van der Waals surface area contributed by atoms with Crippen LogP contribution in [-0.4, -0.2) is 30.8 Å². The van der Waals surface area contributed by atoms with E-state index in [4.69, 9.17) is 14.2 Å². The van der Waals surface area contributed by atoms with Crippen LogP contribution in [0, 0.1) is 11.8 Å². The van der Waals surface area contributed by atoms with Crippen molar-refractivity contribution in [2.24, 2.45) is 11.8 Å². The Morgan fingerprint density at radius 1 is 1.23 bits per heavy atom. The Hall–Kier alpha value is -2.50. The highest BCUT2D eigenvalue weighted by Crippen LogP contribution is 2.35. The number of aromatic nitrogens is 1. The van der Waals surface area contributed by atoms with Crippen LogP contribution in [0.15, 0.2) is 23.1 Å². The van der Waals surface area contributed by atoms with Crippen molar-refractivity contribution in [1.29, 1.82) is 0 Å². The first-order valence-corrected chi connectivity index (χ1v) is 9.11. The van der Waals surface area contributed by atoms with Gasteiger partial charge in [-0.1, -0.05) is 13.8 Å². The maximum Gasteiger partial charge on any atom is 0.343 e. The van der Waals surface area contributed by atoms with Gasteiger partial charge in [0.1, 0.15) is 5.56 Å². The number of hydrogen-bond donors (Lipinski definition) is 1. The molecule has 0 saturated heterocycles. The second-order valence-electron chi connectivity index (χ2n) is 7.06. The molecule has 1 aromatic heterocycles. The van der Waals surface area contributed by atoms with Gasteiger partial charge < -0.3 is 19.2 Å². The highest BCUT2D eigenvalue weighted by atomic mass is 16.5. The van der Waals surface area contributed by atoms with Crippen LogP contribution in [0.5, 0.6) is 11.5 Å². The summed E-state index contributed by atoms with van der Waals surface area (Å²) >= 11 is 0. The maximum atomic E-state index is 12.7. The molecule has 1 aliphatic carbocycles. The first kappa shape index (κ1) is 18.3. The number of pyridine rings is 1. The molecular weight excluding hydrogens is 334 g/mol. The number of esters is 1. The van der Waals surface area contributed by atoms with E-state index in [2.05, 4.69) is 18.8 Å². The van der Waals surface area contributed by atoms with Gasteiger partial charge in [0.2, 0.25) is 5.43 Å². The zero-order chi connectivity index (χ0) is 18.7. The Balaban J connectivity index is 2.00. The number of H-pyrrole nitrogens is 1. The lowest BCUT2D eigenvalue weighted by atomic mass is 10.1. The van der Waals surface area contributed by atoms with Crippen LogP contribution < -0.4 is 14.9 Å². The lowest BCUT2D eigenvalue weighted by molar-refractivity contribution is 0.0524. The zero-order valence-corrected chi connectivity index (χ0v) is 15.5. The average molecular weight is 359 g/mol. The fourth-order valence-electron chi connectivity index (χ4n) is 2.56. The number of nitrogens with one attached hydrogen (secondary N) is 1. The normalized spacial score (nSPS) is 13.8. The van der Waals surface area contributed by atoms with E-state index in [-0.39, 0.29) is 17.6 Å². The van der Waals surface area contributed by atoms with E-state index in [0.717, 1.165) is 0 Å². The standard InChI is InChI=1S/C20H25NO5/c1-4-24-20(23)15-9-21-16-8-18(25-10-12(2)3)17(7-14(16)19(15)22)26-11-13-5-6-13/h7-9,12-13H,4-6,10-11H2,1-3H3,(H,21,22). The Labute approximate surface area is 152 Å². The van der Waals surface area contributed by atoms with Gasteiger partial charge in [0.15, 0.2) is 11.5 Å². The van der Waals surface area contributed by atoms with Gasteiger partial charge in [0.05, 0.1) is 30.7 Å². The van der Waals surface area contributed by atoms with Gasteiger partial charge in [-0.05, 0) is 37.7 Å². The van der Waals surface area contributed by atoms with Gasteiger partial charge in [-0.3, -0.25) is 4.79 Å². The predicted octanol–water partition coefficient (Wildman–Crippen LogP) is 3.53. The minimum absolute atomic E-state index is 0.0108. The monoisotopic (exact) mass is 359 g/mol. The molecule has 0 unspecified atom stereocenters. The summed E-state index contributed by atoms with van der Waals surface area (Å²) in [6, 6.07) is 3.42. The molecule has 1 fully saturated rings. The third kappa shape index (κ3) is 4.18. The van der Waals surface area contributed by atoms with Crippen LogP contribution in [0.25, 0.3) is 10.9 Å². The van der Waals surface area contributed by atoms with Crippen molar-refractivity contribution in [3.8, 4) is 11.5 Å². The van der Waals surface area contributed by atoms with Crippen molar-refractivity contribution in [3.05, 3.63) is 34.1 Å². The molecule has 0 aliphatic heterocycles. The van der Waals surface area contributed by atoms with E-state index in [9.17, 15) is 9.59 Å². The average Bonchev–Trinajstić information content (AvgIpc) is 3.43. The zero-order valence-electron chi connectivity index (χ0n) is 15.5. The minimum atomic E-state index is -0.628. The molecule has 2 aromatic rings. The van der Waals surface area contributed by atoms with E-state index in [1.165, 1.54) is 19.0 Å². The summed E-state index contributed by atoms with van der Waals surface area (Å²) in [7, 11) is 0. The summed E-state index contributed by atoms with van der Waals surface area (Å²) in [4.78, 5) is 27.7. The summed E-state index contributed by atoms with van der Waals surface area (Å²) in [5.41, 5.74) is 0.216. The third-order valence-corrected chi connectivity index (χ3v) is 4.18. The maximum absolute atomic E-state index is 12.7. The van der Waals surface area contributed by atoms with Crippen LogP contribution in [0.1, 0.15) is 44.0 Å². The molecule has 0 bridgehead atoms. The molecule has 0 atom stereocenters. The molecule has 6 heteroatoms. The van der Waals surface area contributed by atoms with Crippen molar-refractivity contribution in [2.45, 2.75) is 33.6 Å². The van der Waals surface area contributed by atoms with Crippen molar-refractivity contribution < 1.29 is 19.0 Å². The second-order valence-corrected chi connectivity index (χ2v) is 7.06. The largest absolute Gasteiger partial charge is 0.489 e. The van der Waals surface area contributed by atoms with Crippen LogP contribution in [-0.2, 0) is 4.74 Å². The van der Waals surface area contributed by atoms with E-state index in [0.29, 0.717) is 47.5 Å².